The van der Waals surface area contributed by atoms with Crippen molar-refractivity contribution in [1.82, 2.24) is 9.55 Å². The summed E-state index contributed by atoms with van der Waals surface area (Å²) in [5.41, 5.74) is -0.373. The molecule has 178 valence electrons. The van der Waals surface area contributed by atoms with E-state index in [1.807, 2.05) is 0 Å². The van der Waals surface area contributed by atoms with E-state index < -0.39 is 20.2 Å². The fourth-order valence-corrected chi connectivity index (χ4v) is 5.84. The van der Waals surface area contributed by atoms with Crippen molar-refractivity contribution in [2.45, 2.75) is 96.2 Å². The largest absolute Gasteiger partial charge is 0.414 e. The molecule has 1 aliphatic heterocycles. The van der Waals surface area contributed by atoms with E-state index in [0.29, 0.717) is 24.5 Å². The van der Waals surface area contributed by atoms with Crippen molar-refractivity contribution in [1.29, 1.82) is 0 Å². The van der Waals surface area contributed by atoms with Gasteiger partial charge in [-0.05, 0) is 25.1 Å². The molecular formula is C21H38N2O5S2Si. The summed E-state index contributed by atoms with van der Waals surface area (Å²) in [6, 6.07) is 0. The number of nitrogens with one attached hydrogen (secondary N) is 1. The Labute approximate surface area is 194 Å². The molecule has 0 amide bonds. The first-order valence-corrected chi connectivity index (χ1v) is 15.9. The summed E-state index contributed by atoms with van der Waals surface area (Å²) >= 11 is 0. The Balaban J connectivity index is 2.14. The molecule has 1 fully saturated rings. The topological polar surface area (TPSA) is 82.6 Å². The lowest BCUT2D eigenvalue weighted by atomic mass is 10.2. The molecule has 1 aromatic heterocycles. The van der Waals surface area contributed by atoms with Crippen LogP contribution in [0.3, 0.4) is 0 Å². The van der Waals surface area contributed by atoms with Gasteiger partial charge in [-0.25, -0.2) is 4.79 Å². The van der Waals surface area contributed by atoms with Crippen LogP contribution < -0.4 is 11.2 Å². The molecule has 2 rings (SSSR count). The summed E-state index contributed by atoms with van der Waals surface area (Å²) in [7, 11) is 1.49. The van der Waals surface area contributed by atoms with Crippen LogP contribution in [-0.4, -0.2) is 47.4 Å². The third-order valence-corrected chi connectivity index (χ3v) is 13.2. The van der Waals surface area contributed by atoms with Crippen LogP contribution >= 0.6 is 21.6 Å². The zero-order chi connectivity index (χ0) is 23.6. The molecule has 0 saturated carbocycles. The van der Waals surface area contributed by atoms with Crippen LogP contribution in [0.15, 0.2) is 15.8 Å². The van der Waals surface area contributed by atoms with Gasteiger partial charge in [0.25, 0.3) is 5.56 Å². The van der Waals surface area contributed by atoms with Gasteiger partial charge in [0.05, 0.1) is 12.7 Å². The Bertz CT molecular complexity index is 857. The normalized spacial score (nSPS) is 22.8. The summed E-state index contributed by atoms with van der Waals surface area (Å²) < 4.78 is 20.4. The predicted molar refractivity (Wildman–Crippen MR) is 132 cm³/mol. The van der Waals surface area contributed by atoms with Crippen molar-refractivity contribution < 1.29 is 13.9 Å². The highest BCUT2D eigenvalue weighted by molar-refractivity contribution is 8.77. The van der Waals surface area contributed by atoms with Crippen LogP contribution in [0, 0.1) is 6.92 Å². The Morgan fingerprint density at radius 1 is 1.23 bits per heavy atom. The van der Waals surface area contributed by atoms with Gasteiger partial charge >= 0.3 is 5.69 Å². The Hall–Kier alpha value is -0.523. The Morgan fingerprint density at radius 2 is 1.87 bits per heavy atom. The van der Waals surface area contributed by atoms with Crippen LogP contribution in [0.25, 0.3) is 0 Å². The lowest BCUT2D eigenvalue weighted by Gasteiger charge is -2.37. The highest BCUT2D eigenvalue weighted by atomic mass is 33.1. The van der Waals surface area contributed by atoms with Crippen LogP contribution in [0.4, 0.5) is 0 Å². The van der Waals surface area contributed by atoms with Crippen LogP contribution in [-0.2, 0) is 13.9 Å². The molecule has 10 heteroatoms. The monoisotopic (exact) mass is 490 g/mol. The van der Waals surface area contributed by atoms with E-state index in [0.717, 1.165) is 0 Å². The first kappa shape index (κ1) is 26.7. The second kappa shape index (κ2) is 10.2. The number of aryl methyl sites for hydroxylation is 1. The fraction of sp³-hybridized carbons (Fsp3) is 0.810. The molecule has 1 aromatic rings. The molecule has 1 aliphatic rings. The van der Waals surface area contributed by atoms with E-state index in [2.05, 4.69) is 59.6 Å². The maximum atomic E-state index is 12.4. The molecule has 0 spiro atoms. The number of H-pyrrole nitrogens is 1. The van der Waals surface area contributed by atoms with E-state index in [4.69, 9.17) is 13.9 Å². The van der Waals surface area contributed by atoms with E-state index in [9.17, 15) is 9.59 Å². The SMILES string of the molecule is Cc1cn([C@H]2CC(OCSSC(C)(C)C)[C@@H](CO[Si](C)(C)C(C)(C)C)O2)c(=O)[nH]c1=O. The van der Waals surface area contributed by atoms with Gasteiger partial charge in [0.15, 0.2) is 8.32 Å². The molecule has 0 bridgehead atoms. The second-order valence-corrected chi connectivity index (χ2v) is 18.4. The van der Waals surface area contributed by atoms with Gasteiger partial charge < -0.3 is 13.9 Å². The van der Waals surface area contributed by atoms with Crippen molar-refractivity contribution in [3.8, 4) is 0 Å². The minimum Gasteiger partial charge on any atom is -0.414 e. The number of ether oxygens (including phenoxy) is 2. The molecule has 0 aliphatic carbocycles. The zero-order valence-corrected chi connectivity index (χ0v) is 22.9. The van der Waals surface area contributed by atoms with Crippen LogP contribution in [0.1, 0.15) is 59.8 Å². The molecule has 31 heavy (non-hydrogen) atoms. The van der Waals surface area contributed by atoms with Crippen LogP contribution in [0.2, 0.25) is 18.1 Å². The average molecular weight is 491 g/mol. The minimum absolute atomic E-state index is 0.0908. The molecule has 0 radical (unpaired) electrons. The number of aromatic nitrogens is 2. The third kappa shape index (κ3) is 7.50. The van der Waals surface area contributed by atoms with Gasteiger partial charge in [0, 0.05) is 22.9 Å². The van der Waals surface area contributed by atoms with Crippen molar-refractivity contribution in [3.63, 3.8) is 0 Å². The van der Waals surface area contributed by atoms with Gasteiger partial charge in [-0.15, -0.1) is 0 Å². The standard InChI is InChI=1S/C21H38N2O5S2Si/c1-14-11-23(19(25)22-18(14)24)17-10-15(26-13-29-30-20(2,3)4)16(28-17)12-27-31(8,9)21(5,6)7/h11,15-17H,10,12-13H2,1-9H3,(H,22,24,25)/t15?,16-,17-/m1/s1. The first-order valence-electron chi connectivity index (χ1n) is 10.6. The Kier molecular flexibility index (Phi) is 8.77. The van der Waals surface area contributed by atoms with E-state index in [1.54, 1.807) is 34.7 Å². The summed E-state index contributed by atoms with van der Waals surface area (Å²) in [6.45, 7) is 19.6. The smallest absolute Gasteiger partial charge is 0.330 e. The van der Waals surface area contributed by atoms with Crippen molar-refractivity contribution in [2.24, 2.45) is 0 Å². The summed E-state index contributed by atoms with van der Waals surface area (Å²) in [5.74, 6) is 0.527. The van der Waals surface area contributed by atoms with Crippen molar-refractivity contribution in [2.75, 3.05) is 12.5 Å². The average Bonchev–Trinajstić information content (AvgIpc) is 3.01. The molecule has 3 atom stereocenters. The van der Waals surface area contributed by atoms with Gasteiger partial charge in [-0.1, -0.05) is 63.1 Å². The maximum Gasteiger partial charge on any atom is 0.330 e. The molecule has 1 N–H and O–H groups in total. The lowest BCUT2D eigenvalue weighted by Crippen LogP contribution is -2.44. The maximum absolute atomic E-state index is 12.4. The quantitative estimate of drug-likeness (QED) is 0.245. The van der Waals surface area contributed by atoms with E-state index in [-0.39, 0.29) is 27.6 Å². The Morgan fingerprint density at radius 3 is 2.45 bits per heavy atom. The molecule has 7 nitrogen and oxygen atoms in total. The third-order valence-electron chi connectivity index (χ3n) is 5.69. The second-order valence-electron chi connectivity index (χ2n) is 10.6. The minimum atomic E-state index is -1.95. The van der Waals surface area contributed by atoms with Gasteiger partial charge in [0.1, 0.15) is 18.3 Å². The van der Waals surface area contributed by atoms with Crippen molar-refractivity contribution in [3.05, 3.63) is 32.6 Å². The molecule has 1 unspecified atom stereocenters. The van der Waals surface area contributed by atoms with Gasteiger partial charge in [-0.2, -0.15) is 0 Å². The predicted octanol–water partition coefficient (Wildman–Crippen LogP) is 4.68. The van der Waals surface area contributed by atoms with Crippen LogP contribution in [0.5, 0.6) is 0 Å². The zero-order valence-electron chi connectivity index (χ0n) is 20.2. The molecule has 0 aromatic carbocycles. The number of aromatic amines is 1. The highest BCUT2D eigenvalue weighted by Gasteiger charge is 2.42. The van der Waals surface area contributed by atoms with Gasteiger partial charge in [0.2, 0.25) is 0 Å². The molecule has 2 heterocycles. The summed E-state index contributed by atoms with van der Waals surface area (Å²) in [4.78, 5) is 26.5. The number of hydrogen-bond acceptors (Lipinski definition) is 7. The first-order chi connectivity index (χ1) is 14.1. The number of hydrogen-bond donors (Lipinski definition) is 1. The lowest BCUT2D eigenvalue weighted by molar-refractivity contribution is -0.0528. The molecule has 1 saturated heterocycles. The van der Waals surface area contributed by atoms with E-state index in [1.165, 1.54) is 4.57 Å². The van der Waals surface area contributed by atoms with Crippen molar-refractivity contribution >= 4 is 29.9 Å². The van der Waals surface area contributed by atoms with Gasteiger partial charge in [-0.3, -0.25) is 14.3 Å². The highest BCUT2D eigenvalue weighted by Crippen LogP contribution is 2.39. The number of nitrogens with zero attached hydrogens (tertiary/aromatic N) is 1. The fourth-order valence-electron chi connectivity index (χ4n) is 2.82. The summed E-state index contributed by atoms with van der Waals surface area (Å²) in [5, 5.41) is 0.0908. The molecular weight excluding hydrogens is 452 g/mol. The number of rotatable bonds is 8. The summed E-state index contributed by atoms with van der Waals surface area (Å²) in [6.07, 6.45) is 1.11. The van der Waals surface area contributed by atoms with E-state index >= 15 is 0 Å².